The van der Waals surface area contributed by atoms with Crippen molar-refractivity contribution in [1.29, 1.82) is 0 Å². The summed E-state index contributed by atoms with van der Waals surface area (Å²) in [6, 6.07) is 3.75. The van der Waals surface area contributed by atoms with Gasteiger partial charge in [0.1, 0.15) is 5.75 Å². The third-order valence-electron chi connectivity index (χ3n) is 3.24. The van der Waals surface area contributed by atoms with Gasteiger partial charge in [-0.3, -0.25) is 4.79 Å². The lowest BCUT2D eigenvalue weighted by Gasteiger charge is -2.33. The smallest absolute Gasteiger partial charge is 0.406 e. The van der Waals surface area contributed by atoms with Crippen LogP contribution in [0.3, 0.4) is 0 Å². The highest BCUT2D eigenvalue weighted by Crippen LogP contribution is 2.37. The van der Waals surface area contributed by atoms with Crippen LogP contribution >= 0.6 is 15.9 Å². The molecule has 21 heavy (non-hydrogen) atoms. The summed E-state index contributed by atoms with van der Waals surface area (Å²) in [5.74, 6) is 0.522. The molecule has 6 nitrogen and oxygen atoms in total. The van der Waals surface area contributed by atoms with E-state index in [1.54, 1.807) is 11.8 Å². The van der Waals surface area contributed by atoms with Crippen molar-refractivity contribution in [2.75, 3.05) is 25.1 Å². The number of methoxy groups -OCH3 is 1. The second kappa shape index (κ2) is 6.34. The number of carbonyl (C=O) groups is 2. The molecule has 1 unspecified atom stereocenters. The van der Waals surface area contributed by atoms with Gasteiger partial charge in [-0.05, 0) is 31.5 Å². The summed E-state index contributed by atoms with van der Waals surface area (Å²) < 4.78 is 11.1. The van der Waals surface area contributed by atoms with Gasteiger partial charge in [-0.2, -0.15) is 0 Å². The van der Waals surface area contributed by atoms with Gasteiger partial charge < -0.3 is 19.7 Å². The van der Waals surface area contributed by atoms with Gasteiger partial charge in [0.05, 0.1) is 12.8 Å². The van der Waals surface area contributed by atoms with Crippen LogP contribution in [-0.4, -0.2) is 38.3 Å². The monoisotopic (exact) mass is 356 g/mol. The lowest BCUT2D eigenvalue weighted by Crippen LogP contribution is -2.47. The average molecular weight is 357 g/mol. The summed E-state index contributed by atoms with van der Waals surface area (Å²) in [6.45, 7) is 4.31. The number of aryl methyl sites for hydroxylation is 1. The molecule has 2 amide bonds. The van der Waals surface area contributed by atoms with Gasteiger partial charge in [0.25, 0.3) is 5.91 Å². The van der Waals surface area contributed by atoms with Gasteiger partial charge in [-0.1, -0.05) is 15.9 Å². The van der Waals surface area contributed by atoms with Gasteiger partial charge in [0.2, 0.25) is 0 Å². The maximum atomic E-state index is 12.3. The largest absolute Gasteiger partial charge is 0.479 e. The molecule has 1 aliphatic rings. The predicted octanol–water partition coefficient (Wildman–Crippen LogP) is 2.23. The average Bonchev–Trinajstić information content (AvgIpc) is 2.45. The molecular weight excluding hydrogens is 340 g/mol. The lowest BCUT2D eigenvalue weighted by molar-refractivity contribution is -0.125. The number of nitrogens with one attached hydrogen (secondary N) is 1. The summed E-state index contributed by atoms with van der Waals surface area (Å²) in [6.07, 6.45) is -1.07. The molecule has 0 saturated heterocycles. The van der Waals surface area contributed by atoms with Gasteiger partial charge >= 0.3 is 6.09 Å². The number of benzene rings is 1. The van der Waals surface area contributed by atoms with E-state index in [4.69, 9.17) is 4.74 Å². The minimum Gasteiger partial charge on any atom is -0.479 e. The fourth-order valence-electron chi connectivity index (χ4n) is 2.10. The standard InChI is InChI=1S/C14H17BrN2O4/c1-8-6-11-12(7-10(8)15)21-9(2)13(18)17(11)5-4-16-14(19)20-3/h6-7,9H,4-5H2,1-3H3,(H,16,19). The molecule has 1 N–H and O–H groups in total. The summed E-state index contributed by atoms with van der Waals surface area (Å²) in [4.78, 5) is 25.0. The Bertz CT molecular complexity index is 576. The Balaban J connectivity index is 2.22. The molecule has 0 saturated carbocycles. The van der Waals surface area contributed by atoms with Crippen LogP contribution in [-0.2, 0) is 9.53 Å². The number of amides is 2. The molecule has 1 atom stereocenters. The third kappa shape index (κ3) is 3.29. The predicted molar refractivity (Wildman–Crippen MR) is 81.7 cm³/mol. The van der Waals surface area contributed by atoms with E-state index in [-0.39, 0.29) is 5.91 Å². The minimum absolute atomic E-state index is 0.129. The number of anilines is 1. The van der Waals surface area contributed by atoms with Gasteiger partial charge in [-0.25, -0.2) is 4.79 Å². The number of carbonyl (C=O) groups excluding carboxylic acids is 2. The van der Waals surface area contributed by atoms with E-state index in [2.05, 4.69) is 26.0 Å². The number of hydrogen-bond acceptors (Lipinski definition) is 4. The molecule has 0 bridgehead atoms. The molecule has 1 aromatic carbocycles. The van der Waals surface area contributed by atoms with Crippen LogP contribution in [0.15, 0.2) is 16.6 Å². The van der Waals surface area contributed by atoms with Crippen LogP contribution < -0.4 is 15.0 Å². The fraction of sp³-hybridized carbons (Fsp3) is 0.429. The zero-order valence-corrected chi connectivity index (χ0v) is 13.7. The van der Waals surface area contributed by atoms with E-state index in [9.17, 15) is 9.59 Å². The van der Waals surface area contributed by atoms with Crippen molar-refractivity contribution >= 4 is 33.6 Å². The third-order valence-corrected chi connectivity index (χ3v) is 4.09. The van der Waals surface area contributed by atoms with Crippen LogP contribution in [0.25, 0.3) is 0 Å². The molecule has 7 heteroatoms. The number of alkyl carbamates (subject to hydrolysis) is 1. The molecular formula is C14H17BrN2O4. The van der Waals surface area contributed by atoms with Crippen molar-refractivity contribution in [2.45, 2.75) is 20.0 Å². The van der Waals surface area contributed by atoms with Crippen molar-refractivity contribution in [3.8, 4) is 5.75 Å². The van der Waals surface area contributed by atoms with Crippen LogP contribution in [0.2, 0.25) is 0 Å². The van der Waals surface area contributed by atoms with Crippen molar-refractivity contribution in [3.63, 3.8) is 0 Å². The molecule has 1 aromatic rings. The number of rotatable bonds is 3. The number of ether oxygens (including phenoxy) is 2. The van der Waals surface area contributed by atoms with E-state index in [1.165, 1.54) is 7.11 Å². The van der Waals surface area contributed by atoms with Gasteiger partial charge in [0, 0.05) is 17.6 Å². The highest BCUT2D eigenvalue weighted by Gasteiger charge is 2.31. The first-order valence-corrected chi connectivity index (χ1v) is 7.33. The molecule has 0 radical (unpaired) electrons. The van der Waals surface area contributed by atoms with E-state index in [0.717, 1.165) is 10.0 Å². The zero-order valence-electron chi connectivity index (χ0n) is 12.1. The van der Waals surface area contributed by atoms with Crippen LogP contribution in [0.5, 0.6) is 5.75 Å². The van der Waals surface area contributed by atoms with E-state index >= 15 is 0 Å². The van der Waals surface area contributed by atoms with E-state index in [1.807, 2.05) is 19.1 Å². The van der Waals surface area contributed by atoms with Crippen LogP contribution in [0.4, 0.5) is 10.5 Å². The van der Waals surface area contributed by atoms with Gasteiger partial charge in [0.15, 0.2) is 6.10 Å². The molecule has 0 aromatic heterocycles. The molecule has 1 heterocycles. The van der Waals surface area contributed by atoms with Crippen molar-refractivity contribution < 1.29 is 19.1 Å². The normalized spacial score (nSPS) is 17.0. The second-order valence-electron chi connectivity index (χ2n) is 4.74. The Morgan fingerprint density at radius 2 is 2.24 bits per heavy atom. The topological polar surface area (TPSA) is 67.9 Å². The Labute approximate surface area is 131 Å². The Morgan fingerprint density at radius 1 is 1.52 bits per heavy atom. The zero-order chi connectivity index (χ0) is 15.6. The SMILES string of the molecule is COC(=O)NCCN1C(=O)C(C)Oc2cc(Br)c(C)cc21. The first kappa shape index (κ1) is 15.6. The summed E-state index contributed by atoms with van der Waals surface area (Å²) in [5.41, 5.74) is 1.72. The molecule has 0 spiro atoms. The summed E-state index contributed by atoms with van der Waals surface area (Å²) in [7, 11) is 1.30. The maximum Gasteiger partial charge on any atom is 0.406 e. The Morgan fingerprint density at radius 3 is 2.90 bits per heavy atom. The number of hydrogen-bond donors (Lipinski definition) is 1. The first-order valence-electron chi connectivity index (χ1n) is 6.54. The highest BCUT2D eigenvalue weighted by atomic mass is 79.9. The van der Waals surface area contributed by atoms with E-state index < -0.39 is 12.2 Å². The number of fused-ring (bicyclic) bond motifs is 1. The summed E-state index contributed by atoms with van der Waals surface area (Å²) >= 11 is 3.45. The molecule has 1 aliphatic heterocycles. The van der Waals surface area contributed by atoms with Crippen LogP contribution in [0, 0.1) is 6.92 Å². The van der Waals surface area contributed by atoms with Crippen molar-refractivity contribution in [1.82, 2.24) is 5.32 Å². The lowest BCUT2D eigenvalue weighted by atomic mass is 10.1. The Hall–Kier alpha value is -1.76. The first-order chi connectivity index (χ1) is 9.93. The van der Waals surface area contributed by atoms with E-state index in [0.29, 0.717) is 24.5 Å². The summed E-state index contributed by atoms with van der Waals surface area (Å²) in [5, 5.41) is 2.57. The minimum atomic E-state index is -0.551. The Kier molecular flexibility index (Phi) is 4.72. The highest BCUT2D eigenvalue weighted by molar-refractivity contribution is 9.10. The molecule has 2 rings (SSSR count). The van der Waals surface area contributed by atoms with Gasteiger partial charge in [-0.15, -0.1) is 0 Å². The fourth-order valence-corrected chi connectivity index (χ4v) is 2.43. The number of halogens is 1. The maximum absolute atomic E-state index is 12.3. The van der Waals surface area contributed by atoms with Crippen molar-refractivity contribution in [3.05, 3.63) is 22.2 Å². The number of nitrogens with zero attached hydrogens (tertiary/aromatic N) is 1. The molecule has 0 fully saturated rings. The second-order valence-corrected chi connectivity index (χ2v) is 5.59. The molecule has 0 aliphatic carbocycles. The quantitative estimate of drug-likeness (QED) is 0.901. The van der Waals surface area contributed by atoms with Crippen LogP contribution in [0.1, 0.15) is 12.5 Å². The van der Waals surface area contributed by atoms with Crippen molar-refractivity contribution in [2.24, 2.45) is 0 Å². The molecule has 114 valence electrons.